The molecule has 1 aromatic rings. The lowest BCUT2D eigenvalue weighted by atomic mass is 10.0. The van der Waals surface area contributed by atoms with Crippen molar-refractivity contribution < 1.29 is 9.90 Å². The maximum Gasteiger partial charge on any atom is 0.337 e. The van der Waals surface area contributed by atoms with Gasteiger partial charge in [-0.2, -0.15) is 0 Å². The average molecular weight is 279 g/mol. The Kier molecular flexibility index (Phi) is 5.82. The molecule has 0 aromatic heterocycles. The van der Waals surface area contributed by atoms with Crippen molar-refractivity contribution in [3.05, 3.63) is 23.8 Å². The first-order valence-corrected chi connectivity index (χ1v) is 6.83. The van der Waals surface area contributed by atoms with Crippen LogP contribution in [-0.2, 0) is 0 Å². The van der Waals surface area contributed by atoms with Crippen LogP contribution in [0.3, 0.4) is 0 Å². The zero-order chi connectivity index (χ0) is 15.3. The normalized spacial score (nSPS) is 12.7. The zero-order valence-corrected chi connectivity index (χ0v) is 12.7. The molecule has 5 nitrogen and oxygen atoms in total. The average Bonchev–Trinajstić information content (AvgIpc) is 2.29. The van der Waals surface area contributed by atoms with Crippen LogP contribution in [0.4, 0.5) is 11.4 Å². The number of rotatable bonds is 7. The number of carboxylic acids is 1. The summed E-state index contributed by atoms with van der Waals surface area (Å²) in [6, 6.07) is 5.33. The number of likely N-dealkylation sites (N-methyl/N-ethyl adjacent to an activating group) is 1. The fourth-order valence-corrected chi connectivity index (χ4v) is 2.26. The second-order valence-corrected chi connectivity index (χ2v) is 5.84. The Morgan fingerprint density at radius 2 is 2.05 bits per heavy atom. The predicted octanol–water partition coefficient (Wildman–Crippen LogP) is 2.36. The third-order valence-electron chi connectivity index (χ3n) is 3.00. The number of aromatic carboxylic acids is 1. The minimum absolute atomic E-state index is 0.142. The monoisotopic (exact) mass is 279 g/mol. The fraction of sp³-hybridized carbons (Fsp3) is 0.533. The van der Waals surface area contributed by atoms with Crippen molar-refractivity contribution in [3.8, 4) is 0 Å². The van der Waals surface area contributed by atoms with Crippen molar-refractivity contribution in [3.63, 3.8) is 0 Å². The molecule has 1 atom stereocenters. The van der Waals surface area contributed by atoms with Gasteiger partial charge in [-0.25, -0.2) is 4.79 Å². The van der Waals surface area contributed by atoms with Crippen molar-refractivity contribution in [1.29, 1.82) is 0 Å². The third kappa shape index (κ3) is 5.09. The summed E-state index contributed by atoms with van der Waals surface area (Å²) in [7, 11) is 4.06. The summed E-state index contributed by atoms with van der Waals surface area (Å²) in [6.45, 7) is 5.25. The number of hydrogen-bond acceptors (Lipinski definition) is 4. The van der Waals surface area contributed by atoms with Gasteiger partial charge in [0.15, 0.2) is 0 Å². The van der Waals surface area contributed by atoms with Crippen LogP contribution in [0.1, 0.15) is 30.6 Å². The van der Waals surface area contributed by atoms with Gasteiger partial charge in [0.25, 0.3) is 0 Å². The van der Waals surface area contributed by atoms with E-state index in [0.29, 0.717) is 5.92 Å². The molecule has 0 aliphatic carbocycles. The summed E-state index contributed by atoms with van der Waals surface area (Å²) in [5.74, 6) is -0.431. The Morgan fingerprint density at radius 3 is 2.55 bits per heavy atom. The summed E-state index contributed by atoms with van der Waals surface area (Å²) in [5.41, 5.74) is 6.89. The number of nitrogens with zero attached hydrogens (tertiary/aromatic N) is 1. The van der Waals surface area contributed by atoms with Gasteiger partial charge in [0.1, 0.15) is 0 Å². The number of anilines is 2. The van der Waals surface area contributed by atoms with E-state index in [1.54, 1.807) is 12.1 Å². The highest BCUT2D eigenvalue weighted by Gasteiger charge is 2.14. The van der Waals surface area contributed by atoms with E-state index in [4.69, 9.17) is 10.8 Å². The summed E-state index contributed by atoms with van der Waals surface area (Å²) < 4.78 is 0. The second-order valence-electron chi connectivity index (χ2n) is 5.84. The second kappa shape index (κ2) is 7.14. The first-order valence-electron chi connectivity index (χ1n) is 6.83. The van der Waals surface area contributed by atoms with Crippen LogP contribution in [0.2, 0.25) is 0 Å². The SMILES string of the molecule is CC(C)CC(CN(C)C)Nc1ccc(N)c(C(=O)O)c1. The standard InChI is InChI=1S/C15H25N3O2/c1-10(2)7-12(9-18(3)4)17-11-5-6-14(16)13(8-11)15(19)20/h5-6,8,10,12,17H,7,9,16H2,1-4H3,(H,19,20). The molecule has 0 aliphatic rings. The van der Waals surface area contributed by atoms with E-state index in [-0.39, 0.29) is 17.3 Å². The van der Waals surface area contributed by atoms with Gasteiger partial charge in [-0.15, -0.1) is 0 Å². The van der Waals surface area contributed by atoms with Crippen LogP contribution in [0, 0.1) is 5.92 Å². The first kappa shape index (κ1) is 16.3. The Labute approximate surface area is 120 Å². The number of nitrogens with two attached hydrogens (primary N) is 1. The lowest BCUT2D eigenvalue weighted by Crippen LogP contribution is -2.33. The van der Waals surface area contributed by atoms with Crippen molar-refractivity contribution in [2.45, 2.75) is 26.3 Å². The Balaban J connectivity index is 2.87. The molecule has 20 heavy (non-hydrogen) atoms. The molecule has 0 saturated carbocycles. The van der Waals surface area contributed by atoms with Crippen LogP contribution >= 0.6 is 0 Å². The van der Waals surface area contributed by atoms with Gasteiger partial charge < -0.3 is 21.1 Å². The number of hydrogen-bond donors (Lipinski definition) is 3. The number of nitrogens with one attached hydrogen (secondary N) is 1. The van der Waals surface area contributed by atoms with Gasteiger partial charge in [0.05, 0.1) is 5.56 Å². The molecule has 1 rings (SSSR count). The number of carbonyl (C=O) groups is 1. The molecule has 0 spiro atoms. The molecular weight excluding hydrogens is 254 g/mol. The van der Waals surface area contributed by atoms with Gasteiger partial charge in [-0.3, -0.25) is 0 Å². The number of nitrogen functional groups attached to an aromatic ring is 1. The van der Waals surface area contributed by atoms with Crippen LogP contribution in [-0.4, -0.2) is 42.7 Å². The number of benzene rings is 1. The van der Waals surface area contributed by atoms with Crippen LogP contribution in [0.25, 0.3) is 0 Å². The van der Waals surface area contributed by atoms with Crippen molar-refractivity contribution in [2.24, 2.45) is 5.92 Å². The van der Waals surface area contributed by atoms with Gasteiger partial charge >= 0.3 is 5.97 Å². The van der Waals surface area contributed by atoms with E-state index >= 15 is 0 Å². The zero-order valence-electron chi connectivity index (χ0n) is 12.7. The van der Waals surface area contributed by atoms with Gasteiger partial charge in [-0.1, -0.05) is 13.8 Å². The quantitative estimate of drug-likeness (QED) is 0.668. The molecule has 1 unspecified atom stereocenters. The Bertz CT molecular complexity index is 448. The highest BCUT2D eigenvalue weighted by molar-refractivity contribution is 5.94. The molecular formula is C15H25N3O2. The highest BCUT2D eigenvalue weighted by atomic mass is 16.4. The maximum atomic E-state index is 11.1. The first-order chi connectivity index (χ1) is 9.29. The molecule has 0 fully saturated rings. The topological polar surface area (TPSA) is 78.6 Å². The van der Waals surface area contributed by atoms with E-state index in [1.165, 1.54) is 0 Å². The number of carboxylic acid groups (broad SMARTS) is 1. The van der Waals surface area contributed by atoms with E-state index in [2.05, 4.69) is 24.1 Å². The van der Waals surface area contributed by atoms with E-state index < -0.39 is 5.97 Å². The molecule has 0 aliphatic heterocycles. The summed E-state index contributed by atoms with van der Waals surface area (Å²) in [6.07, 6.45) is 1.02. The lowest BCUT2D eigenvalue weighted by Gasteiger charge is -2.25. The third-order valence-corrected chi connectivity index (χ3v) is 3.00. The van der Waals surface area contributed by atoms with E-state index in [9.17, 15) is 4.79 Å². The largest absolute Gasteiger partial charge is 0.478 e. The summed E-state index contributed by atoms with van der Waals surface area (Å²) >= 11 is 0. The molecule has 112 valence electrons. The molecule has 0 bridgehead atoms. The van der Waals surface area contributed by atoms with Crippen LogP contribution < -0.4 is 11.1 Å². The van der Waals surface area contributed by atoms with Crippen LogP contribution in [0.15, 0.2) is 18.2 Å². The fourth-order valence-electron chi connectivity index (χ4n) is 2.26. The molecule has 0 saturated heterocycles. The lowest BCUT2D eigenvalue weighted by molar-refractivity contribution is 0.0698. The summed E-state index contributed by atoms with van der Waals surface area (Å²) in [5, 5.41) is 12.5. The highest BCUT2D eigenvalue weighted by Crippen LogP contribution is 2.20. The molecule has 1 aromatic carbocycles. The van der Waals surface area contributed by atoms with Gasteiger partial charge in [-0.05, 0) is 44.6 Å². The van der Waals surface area contributed by atoms with E-state index in [1.807, 2.05) is 20.2 Å². The van der Waals surface area contributed by atoms with Crippen molar-refractivity contribution in [2.75, 3.05) is 31.7 Å². The van der Waals surface area contributed by atoms with Crippen molar-refractivity contribution >= 4 is 17.3 Å². The molecule has 4 N–H and O–H groups in total. The molecule has 5 heteroatoms. The predicted molar refractivity (Wildman–Crippen MR) is 83.2 cm³/mol. The minimum Gasteiger partial charge on any atom is -0.478 e. The Morgan fingerprint density at radius 1 is 1.40 bits per heavy atom. The van der Waals surface area contributed by atoms with Crippen LogP contribution in [0.5, 0.6) is 0 Å². The minimum atomic E-state index is -1.00. The maximum absolute atomic E-state index is 11.1. The molecule has 0 amide bonds. The molecule has 0 radical (unpaired) electrons. The van der Waals surface area contributed by atoms with Gasteiger partial charge in [0, 0.05) is 24.0 Å². The Hall–Kier alpha value is -1.75. The smallest absolute Gasteiger partial charge is 0.337 e. The summed E-state index contributed by atoms with van der Waals surface area (Å²) in [4.78, 5) is 13.2. The van der Waals surface area contributed by atoms with E-state index in [0.717, 1.165) is 18.7 Å². The molecule has 0 heterocycles. The van der Waals surface area contributed by atoms with Gasteiger partial charge in [0.2, 0.25) is 0 Å². The van der Waals surface area contributed by atoms with Crippen molar-refractivity contribution in [1.82, 2.24) is 4.90 Å².